The van der Waals surface area contributed by atoms with Crippen LogP contribution in [-0.2, 0) is 6.42 Å². The van der Waals surface area contributed by atoms with E-state index in [0.29, 0.717) is 0 Å². The van der Waals surface area contributed by atoms with Gasteiger partial charge in [0.2, 0.25) is 0 Å². The first-order chi connectivity index (χ1) is 8.67. The predicted molar refractivity (Wildman–Crippen MR) is 86.3 cm³/mol. The Hall–Kier alpha value is -0.690. The number of halogens is 1. The maximum Gasteiger partial charge on any atom is 0.162 e. The monoisotopic (exact) mass is 373 g/mol. The van der Waals surface area contributed by atoms with Crippen molar-refractivity contribution in [2.45, 2.75) is 26.7 Å². The van der Waals surface area contributed by atoms with Gasteiger partial charge in [-0.2, -0.15) is 11.3 Å². The number of rotatable bonds is 4. The van der Waals surface area contributed by atoms with E-state index in [1.54, 1.807) is 11.3 Å². The van der Waals surface area contributed by atoms with E-state index < -0.39 is 0 Å². The molecule has 18 heavy (non-hydrogen) atoms. The van der Waals surface area contributed by atoms with E-state index in [0.717, 1.165) is 39.3 Å². The molecule has 0 unspecified atom stereocenters. The van der Waals surface area contributed by atoms with Crippen molar-refractivity contribution >= 4 is 39.7 Å². The normalized spacial score (nSPS) is 10.7. The van der Waals surface area contributed by atoms with E-state index in [1.165, 1.54) is 5.56 Å². The van der Waals surface area contributed by atoms with Crippen molar-refractivity contribution < 1.29 is 0 Å². The number of anilines is 1. The highest BCUT2D eigenvalue weighted by Gasteiger charge is 2.13. The first-order valence-corrected chi connectivity index (χ1v) is 7.96. The summed E-state index contributed by atoms with van der Waals surface area (Å²) in [6.07, 6.45) is 2.09. The van der Waals surface area contributed by atoms with Crippen LogP contribution in [0.5, 0.6) is 0 Å². The van der Waals surface area contributed by atoms with E-state index >= 15 is 0 Å². The molecule has 0 aliphatic carbocycles. The van der Waals surface area contributed by atoms with Crippen LogP contribution in [0.2, 0.25) is 0 Å². The third-order valence-electron chi connectivity index (χ3n) is 2.74. The minimum atomic E-state index is 0.835. The molecule has 0 fully saturated rings. The van der Waals surface area contributed by atoms with Crippen molar-refractivity contribution in [3.05, 3.63) is 25.6 Å². The first-order valence-electron chi connectivity index (χ1n) is 5.94. The summed E-state index contributed by atoms with van der Waals surface area (Å²) < 4.78 is 1.13. The quantitative estimate of drug-likeness (QED) is 0.820. The van der Waals surface area contributed by atoms with Crippen molar-refractivity contribution in [2.75, 3.05) is 12.4 Å². The molecule has 96 valence electrons. The fourth-order valence-electron chi connectivity index (χ4n) is 1.77. The van der Waals surface area contributed by atoms with Crippen LogP contribution in [0.15, 0.2) is 10.8 Å². The molecular formula is C13H16IN3S. The predicted octanol–water partition coefficient (Wildman–Crippen LogP) is 4.11. The summed E-state index contributed by atoms with van der Waals surface area (Å²) >= 11 is 4.02. The molecule has 2 aromatic rings. The lowest BCUT2D eigenvalue weighted by atomic mass is 10.2. The van der Waals surface area contributed by atoms with E-state index in [-0.39, 0.29) is 0 Å². The molecule has 3 nitrogen and oxygen atoms in total. The minimum absolute atomic E-state index is 0.835. The van der Waals surface area contributed by atoms with Crippen LogP contribution in [0, 0.1) is 10.5 Å². The summed E-state index contributed by atoms with van der Waals surface area (Å²) in [4.78, 5) is 9.34. The van der Waals surface area contributed by atoms with E-state index in [2.05, 4.69) is 57.5 Å². The number of aryl methyl sites for hydroxylation is 2. The molecule has 0 saturated carbocycles. The lowest BCUT2D eigenvalue weighted by Crippen LogP contribution is -2.05. The molecule has 0 aliphatic heterocycles. The van der Waals surface area contributed by atoms with Gasteiger partial charge in [0.25, 0.3) is 0 Å². The number of thiophene rings is 1. The standard InChI is InChI=1S/C13H16IN3S/c1-4-5-10-11(14)13(15-3)17-12(16-10)9-7-18-6-8(9)2/h6-7H,4-5H2,1-3H3,(H,15,16,17). The third-order valence-corrected chi connectivity index (χ3v) is 4.73. The number of hydrogen-bond acceptors (Lipinski definition) is 4. The van der Waals surface area contributed by atoms with Crippen LogP contribution in [-0.4, -0.2) is 17.0 Å². The zero-order valence-electron chi connectivity index (χ0n) is 10.7. The Balaban J connectivity index is 2.55. The van der Waals surface area contributed by atoms with Crippen molar-refractivity contribution in [1.82, 2.24) is 9.97 Å². The maximum absolute atomic E-state index is 4.72. The summed E-state index contributed by atoms with van der Waals surface area (Å²) in [7, 11) is 1.91. The molecule has 2 aromatic heterocycles. The minimum Gasteiger partial charge on any atom is -0.372 e. The first kappa shape index (κ1) is 13.7. The van der Waals surface area contributed by atoms with Gasteiger partial charge in [0, 0.05) is 18.0 Å². The largest absolute Gasteiger partial charge is 0.372 e. The fourth-order valence-corrected chi connectivity index (χ4v) is 3.38. The van der Waals surface area contributed by atoms with E-state index in [1.807, 2.05) is 7.05 Å². The van der Waals surface area contributed by atoms with Gasteiger partial charge in [-0.1, -0.05) is 13.3 Å². The Bertz CT molecular complexity index is 551. The second-order valence-corrected chi connectivity index (χ2v) is 5.95. The Labute approximate surface area is 125 Å². The zero-order chi connectivity index (χ0) is 13.1. The highest BCUT2D eigenvalue weighted by molar-refractivity contribution is 14.1. The van der Waals surface area contributed by atoms with Crippen molar-refractivity contribution in [3.63, 3.8) is 0 Å². The number of aromatic nitrogens is 2. The highest BCUT2D eigenvalue weighted by atomic mass is 127. The SMILES string of the molecule is CCCc1nc(-c2cscc2C)nc(NC)c1I. The summed E-state index contributed by atoms with van der Waals surface area (Å²) in [6.45, 7) is 4.28. The maximum atomic E-state index is 4.72. The molecule has 0 saturated heterocycles. The van der Waals surface area contributed by atoms with Gasteiger partial charge in [0.1, 0.15) is 5.82 Å². The van der Waals surface area contributed by atoms with E-state index in [9.17, 15) is 0 Å². The van der Waals surface area contributed by atoms with Crippen molar-refractivity contribution in [3.8, 4) is 11.4 Å². The van der Waals surface area contributed by atoms with Crippen LogP contribution in [0.4, 0.5) is 5.82 Å². The number of hydrogen-bond donors (Lipinski definition) is 1. The number of nitrogens with zero attached hydrogens (tertiary/aromatic N) is 2. The molecule has 0 bridgehead atoms. The Morgan fingerprint density at radius 1 is 1.33 bits per heavy atom. The smallest absolute Gasteiger partial charge is 0.162 e. The van der Waals surface area contributed by atoms with Crippen LogP contribution in [0.1, 0.15) is 24.6 Å². The molecule has 0 radical (unpaired) electrons. The topological polar surface area (TPSA) is 37.8 Å². The van der Waals surface area contributed by atoms with Gasteiger partial charge in [-0.15, -0.1) is 0 Å². The van der Waals surface area contributed by atoms with Crippen LogP contribution < -0.4 is 5.32 Å². The molecule has 0 aromatic carbocycles. The molecule has 0 spiro atoms. The third kappa shape index (κ3) is 2.66. The summed E-state index contributed by atoms with van der Waals surface area (Å²) in [5.74, 6) is 1.76. The van der Waals surface area contributed by atoms with Gasteiger partial charge < -0.3 is 5.32 Å². The highest BCUT2D eigenvalue weighted by Crippen LogP contribution is 2.28. The molecule has 5 heteroatoms. The Morgan fingerprint density at radius 3 is 2.67 bits per heavy atom. The summed E-state index contributed by atoms with van der Waals surface area (Å²) in [5, 5.41) is 7.41. The summed E-state index contributed by atoms with van der Waals surface area (Å²) in [5.41, 5.74) is 3.52. The lowest BCUT2D eigenvalue weighted by Gasteiger charge is -2.10. The van der Waals surface area contributed by atoms with Gasteiger partial charge in [0.05, 0.1) is 9.26 Å². The molecule has 1 N–H and O–H groups in total. The zero-order valence-corrected chi connectivity index (χ0v) is 13.7. The van der Waals surface area contributed by atoms with Crippen LogP contribution in [0.25, 0.3) is 11.4 Å². The fraction of sp³-hybridized carbons (Fsp3) is 0.385. The Morgan fingerprint density at radius 2 is 2.11 bits per heavy atom. The lowest BCUT2D eigenvalue weighted by molar-refractivity contribution is 0.868. The second kappa shape index (κ2) is 5.97. The van der Waals surface area contributed by atoms with E-state index in [4.69, 9.17) is 4.98 Å². The molecule has 0 amide bonds. The van der Waals surface area contributed by atoms with Gasteiger partial charge in [0.15, 0.2) is 5.82 Å². The van der Waals surface area contributed by atoms with Crippen molar-refractivity contribution in [2.24, 2.45) is 0 Å². The average Bonchev–Trinajstić information content (AvgIpc) is 2.78. The van der Waals surface area contributed by atoms with Crippen LogP contribution >= 0.6 is 33.9 Å². The Kier molecular flexibility index (Phi) is 4.55. The summed E-state index contributed by atoms with van der Waals surface area (Å²) in [6, 6.07) is 0. The van der Waals surface area contributed by atoms with Gasteiger partial charge >= 0.3 is 0 Å². The van der Waals surface area contributed by atoms with Gasteiger partial charge in [-0.05, 0) is 46.9 Å². The second-order valence-electron chi connectivity index (χ2n) is 4.12. The van der Waals surface area contributed by atoms with Crippen molar-refractivity contribution in [1.29, 1.82) is 0 Å². The molecular weight excluding hydrogens is 357 g/mol. The van der Waals surface area contributed by atoms with Gasteiger partial charge in [-0.3, -0.25) is 0 Å². The molecule has 2 heterocycles. The van der Waals surface area contributed by atoms with Gasteiger partial charge in [-0.25, -0.2) is 9.97 Å². The average molecular weight is 373 g/mol. The molecule has 0 aliphatic rings. The molecule has 0 atom stereocenters. The van der Waals surface area contributed by atoms with Crippen LogP contribution in [0.3, 0.4) is 0 Å². The molecule has 2 rings (SSSR count). The number of nitrogens with one attached hydrogen (secondary N) is 1.